The summed E-state index contributed by atoms with van der Waals surface area (Å²) < 4.78 is 37.7. The first-order valence-corrected chi connectivity index (χ1v) is 12.1. The summed E-state index contributed by atoms with van der Waals surface area (Å²) in [5.41, 5.74) is 3.11. The number of hydrogen-bond acceptors (Lipinski definition) is 8. The lowest BCUT2D eigenvalue weighted by Crippen LogP contribution is -2.40. The molecule has 0 unspecified atom stereocenters. The van der Waals surface area contributed by atoms with Gasteiger partial charge in [0, 0.05) is 19.2 Å². The van der Waals surface area contributed by atoms with Gasteiger partial charge in [-0.15, -0.1) is 0 Å². The Hall–Kier alpha value is -3.02. The molecular formula is C22H28N4O6S. The number of nitrogens with one attached hydrogen (secondary N) is 1. The van der Waals surface area contributed by atoms with Gasteiger partial charge in [-0.1, -0.05) is 13.8 Å². The Morgan fingerprint density at radius 3 is 2.55 bits per heavy atom. The first kappa shape index (κ1) is 24.6. The van der Waals surface area contributed by atoms with Crippen LogP contribution >= 0.6 is 0 Å². The van der Waals surface area contributed by atoms with E-state index in [1.54, 1.807) is 0 Å². The second-order valence-corrected chi connectivity index (χ2v) is 9.86. The van der Waals surface area contributed by atoms with Crippen LogP contribution in [0.4, 0.5) is 11.4 Å². The fourth-order valence-electron chi connectivity index (χ4n) is 3.09. The van der Waals surface area contributed by atoms with E-state index in [0.29, 0.717) is 25.7 Å². The van der Waals surface area contributed by atoms with Crippen molar-refractivity contribution < 1.29 is 22.8 Å². The van der Waals surface area contributed by atoms with Crippen molar-refractivity contribution in [3.63, 3.8) is 0 Å². The Labute approximate surface area is 193 Å². The smallest absolute Gasteiger partial charge is 0.295 e. The van der Waals surface area contributed by atoms with Crippen molar-refractivity contribution in [3.8, 4) is 5.75 Å². The predicted molar refractivity (Wildman–Crippen MR) is 125 cm³/mol. The summed E-state index contributed by atoms with van der Waals surface area (Å²) in [5, 5.41) is 15.6. The molecule has 0 aliphatic carbocycles. The maximum Gasteiger partial charge on any atom is 0.295 e. The Bertz CT molecular complexity index is 1080. The van der Waals surface area contributed by atoms with Crippen LogP contribution in [0.25, 0.3) is 0 Å². The summed E-state index contributed by atoms with van der Waals surface area (Å²) in [7, 11) is -3.84. The van der Waals surface area contributed by atoms with Gasteiger partial charge < -0.3 is 9.47 Å². The Morgan fingerprint density at radius 2 is 1.91 bits per heavy atom. The number of nitrogens with zero attached hydrogens (tertiary/aromatic N) is 3. The average Bonchev–Trinajstić information content (AvgIpc) is 2.80. The van der Waals surface area contributed by atoms with Gasteiger partial charge in [0.25, 0.3) is 5.69 Å². The molecule has 0 aromatic heterocycles. The molecule has 1 aliphatic heterocycles. The number of rotatable bonds is 10. The molecule has 0 amide bonds. The Morgan fingerprint density at radius 1 is 1.21 bits per heavy atom. The van der Waals surface area contributed by atoms with E-state index in [1.807, 2.05) is 24.3 Å². The zero-order valence-corrected chi connectivity index (χ0v) is 19.5. The number of nitro groups is 1. The maximum absolute atomic E-state index is 12.8. The summed E-state index contributed by atoms with van der Waals surface area (Å²) in [4.78, 5) is 10.8. The molecule has 1 saturated heterocycles. The van der Waals surface area contributed by atoms with Crippen LogP contribution in [-0.4, -0.2) is 56.8 Å². The van der Waals surface area contributed by atoms with Gasteiger partial charge in [-0.25, -0.2) is 8.42 Å². The number of sulfonamides is 1. The second-order valence-electron chi connectivity index (χ2n) is 7.92. The fourth-order valence-corrected chi connectivity index (χ4v) is 4.52. The lowest BCUT2D eigenvalue weighted by atomic mass is 10.1. The van der Waals surface area contributed by atoms with Crippen molar-refractivity contribution in [2.45, 2.75) is 25.2 Å². The van der Waals surface area contributed by atoms with Gasteiger partial charge >= 0.3 is 0 Å². The molecule has 1 aliphatic rings. The Kier molecular flexibility index (Phi) is 8.37. The molecule has 0 atom stereocenters. The zero-order chi connectivity index (χ0) is 23.8. The van der Waals surface area contributed by atoms with Gasteiger partial charge in [-0.05, 0) is 54.3 Å². The monoisotopic (exact) mass is 476 g/mol. The molecule has 11 heteroatoms. The lowest BCUT2D eigenvalue weighted by molar-refractivity contribution is -0.384. The third-order valence-electron chi connectivity index (χ3n) is 5.02. The summed E-state index contributed by atoms with van der Waals surface area (Å²) in [6.45, 7) is 5.92. The quantitative estimate of drug-likeness (QED) is 0.316. The van der Waals surface area contributed by atoms with Gasteiger partial charge in [0.05, 0.1) is 35.9 Å². The van der Waals surface area contributed by atoms with E-state index in [2.05, 4.69) is 24.4 Å². The molecule has 0 radical (unpaired) electrons. The standard InChI is InChI=1S/C22H28N4O6S/c1-17(2)9-12-32-19-5-3-18(4-6-19)16-23-24-21-8-7-20(15-22(21)26(27)28)33(29,30)25-10-13-31-14-11-25/h3-8,15-17,24H,9-14H2,1-2H3. The van der Waals surface area contributed by atoms with Crippen molar-refractivity contribution in [2.24, 2.45) is 11.0 Å². The molecule has 1 fully saturated rings. The van der Waals surface area contributed by atoms with E-state index >= 15 is 0 Å². The predicted octanol–water partition coefficient (Wildman–Crippen LogP) is 3.49. The molecule has 178 valence electrons. The van der Waals surface area contributed by atoms with Gasteiger partial charge in [-0.3, -0.25) is 15.5 Å². The number of hydrogen-bond donors (Lipinski definition) is 1. The first-order chi connectivity index (χ1) is 15.8. The minimum atomic E-state index is -3.84. The maximum atomic E-state index is 12.8. The van der Waals surface area contributed by atoms with Gasteiger partial charge in [0.15, 0.2) is 0 Å². The molecule has 2 aromatic carbocycles. The molecule has 0 saturated carbocycles. The van der Waals surface area contributed by atoms with E-state index in [-0.39, 0.29) is 29.4 Å². The minimum absolute atomic E-state index is 0.0887. The molecule has 1 N–H and O–H groups in total. The summed E-state index contributed by atoms with van der Waals surface area (Å²) >= 11 is 0. The van der Waals surface area contributed by atoms with Crippen molar-refractivity contribution in [1.29, 1.82) is 0 Å². The molecule has 0 spiro atoms. The topological polar surface area (TPSA) is 123 Å². The molecule has 1 heterocycles. The van der Waals surface area contributed by atoms with Crippen molar-refractivity contribution in [3.05, 3.63) is 58.1 Å². The highest BCUT2D eigenvalue weighted by molar-refractivity contribution is 7.89. The van der Waals surface area contributed by atoms with E-state index in [1.165, 1.54) is 22.7 Å². The highest BCUT2D eigenvalue weighted by Gasteiger charge is 2.28. The number of hydrazone groups is 1. The van der Waals surface area contributed by atoms with Crippen molar-refractivity contribution >= 4 is 27.6 Å². The summed E-state index contributed by atoms with van der Waals surface area (Å²) in [6.07, 6.45) is 2.48. The highest BCUT2D eigenvalue weighted by atomic mass is 32.2. The normalized spacial score (nSPS) is 15.1. The molecular weight excluding hydrogens is 448 g/mol. The molecule has 10 nitrogen and oxygen atoms in total. The number of ether oxygens (including phenoxy) is 2. The van der Waals surface area contributed by atoms with Gasteiger partial charge in [0.1, 0.15) is 11.4 Å². The SMILES string of the molecule is CC(C)CCOc1ccc(C=NNc2ccc(S(=O)(=O)N3CCOCC3)cc2[N+](=O)[O-])cc1. The van der Waals surface area contributed by atoms with E-state index in [4.69, 9.17) is 9.47 Å². The van der Waals surface area contributed by atoms with Crippen LogP contribution in [0.15, 0.2) is 52.5 Å². The number of benzene rings is 2. The Balaban J connectivity index is 1.68. The first-order valence-electron chi connectivity index (χ1n) is 10.7. The summed E-state index contributed by atoms with van der Waals surface area (Å²) in [5.74, 6) is 1.33. The number of morpholine rings is 1. The number of anilines is 1. The molecule has 2 aromatic rings. The van der Waals surface area contributed by atoms with Crippen LogP contribution in [-0.2, 0) is 14.8 Å². The lowest BCUT2D eigenvalue weighted by Gasteiger charge is -2.26. The van der Waals surface area contributed by atoms with Crippen LogP contribution in [0.3, 0.4) is 0 Å². The molecule has 33 heavy (non-hydrogen) atoms. The second kappa shape index (κ2) is 11.2. The van der Waals surface area contributed by atoms with Gasteiger partial charge in [0.2, 0.25) is 10.0 Å². The number of nitro benzene ring substituents is 1. The van der Waals surface area contributed by atoms with Crippen molar-refractivity contribution in [2.75, 3.05) is 38.3 Å². The van der Waals surface area contributed by atoms with Gasteiger partial charge in [-0.2, -0.15) is 9.41 Å². The fraction of sp³-hybridized carbons (Fsp3) is 0.409. The summed E-state index contributed by atoms with van der Waals surface area (Å²) in [6, 6.07) is 11.0. The molecule has 0 bridgehead atoms. The largest absolute Gasteiger partial charge is 0.494 e. The van der Waals surface area contributed by atoms with E-state index in [9.17, 15) is 18.5 Å². The minimum Gasteiger partial charge on any atom is -0.494 e. The van der Waals surface area contributed by atoms with Crippen LogP contribution < -0.4 is 10.2 Å². The van der Waals surface area contributed by atoms with E-state index < -0.39 is 14.9 Å². The molecule has 3 rings (SSSR count). The van der Waals surface area contributed by atoms with Crippen LogP contribution in [0.5, 0.6) is 5.75 Å². The van der Waals surface area contributed by atoms with Crippen LogP contribution in [0.1, 0.15) is 25.8 Å². The highest BCUT2D eigenvalue weighted by Crippen LogP contribution is 2.29. The third-order valence-corrected chi connectivity index (χ3v) is 6.91. The van der Waals surface area contributed by atoms with Crippen molar-refractivity contribution in [1.82, 2.24) is 4.31 Å². The van der Waals surface area contributed by atoms with Crippen LogP contribution in [0, 0.1) is 16.0 Å². The third kappa shape index (κ3) is 6.73. The zero-order valence-electron chi connectivity index (χ0n) is 18.6. The van der Waals surface area contributed by atoms with E-state index in [0.717, 1.165) is 23.8 Å². The average molecular weight is 477 g/mol. The van der Waals surface area contributed by atoms with Crippen LogP contribution in [0.2, 0.25) is 0 Å².